The van der Waals surface area contributed by atoms with E-state index in [1.807, 2.05) is 112 Å². The van der Waals surface area contributed by atoms with Crippen molar-refractivity contribution in [2.75, 3.05) is 46.1 Å². The zero-order chi connectivity index (χ0) is 44.5. The number of fused-ring (bicyclic) bond motifs is 1. The minimum atomic E-state index is -4.83. The molecule has 0 unspecified atom stereocenters. The third-order valence-corrected chi connectivity index (χ3v) is 9.97. The molecule has 7 rings (SSSR count). The topological polar surface area (TPSA) is 158 Å². The molecular formula is C45H43ClF3N9O4. The van der Waals surface area contributed by atoms with E-state index in [1.165, 1.54) is 33.9 Å². The number of nitrogens with zero attached hydrogens (tertiary/aromatic N) is 6. The smallest absolute Gasteiger partial charge is 0.435 e. The van der Waals surface area contributed by atoms with Crippen molar-refractivity contribution < 1.29 is 37.1 Å². The van der Waals surface area contributed by atoms with E-state index < -0.39 is 23.9 Å². The highest BCUT2D eigenvalue weighted by Crippen LogP contribution is 2.44. The van der Waals surface area contributed by atoms with Crippen LogP contribution in [0.4, 0.5) is 24.7 Å². The van der Waals surface area contributed by atoms with Gasteiger partial charge in [0.2, 0.25) is 0 Å². The van der Waals surface area contributed by atoms with Crippen LogP contribution in [0.1, 0.15) is 39.2 Å². The normalized spacial score (nSPS) is 11.7. The Bertz CT molecular complexity index is 2540. The quantitative estimate of drug-likeness (QED) is 0.0508. The Hall–Kier alpha value is -7.04. The van der Waals surface area contributed by atoms with Crippen LogP contribution < -0.4 is 21.1 Å². The second kappa shape index (κ2) is 19.1. The predicted molar refractivity (Wildman–Crippen MR) is 227 cm³/mol. The van der Waals surface area contributed by atoms with Gasteiger partial charge in [-0.3, -0.25) is 18.7 Å². The van der Waals surface area contributed by atoms with E-state index in [-0.39, 0.29) is 45.1 Å². The summed E-state index contributed by atoms with van der Waals surface area (Å²) in [5.41, 5.74) is 0.701. The van der Waals surface area contributed by atoms with Gasteiger partial charge in [0.25, 0.3) is 11.8 Å². The molecule has 4 aromatic carbocycles. The lowest BCUT2D eigenvalue weighted by molar-refractivity contribution is -0.862. The van der Waals surface area contributed by atoms with E-state index in [4.69, 9.17) is 21.5 Å². The van der Waals surface area contributed by atoms with Gasteiger partial charge in [0.05, 0.1) is 49.2 Å². The first kappa shape index (κ1) is 44.5. The number of hydrogen-bond donors (Lipinski definition) is 3. The Morgan fingerprint density at radius 2 is 1.40 bits per heavy atom. The largest absolute Gasteiger partial charge is 0.554 e. The highest BCUT2D eigenvalue weighted by atomic mass is 35.5. The third kappa shape index (κ3) is 9.94. The average Bonchev–Trinajstić information content (AvgIpc) is 3.88. The molecule has 0 fully saturated rings. The molecule has 17 heteroatoms. The molecule has 0 saturated carbocycles. The molecule has 0 aliphatic heterocycles. The number of alkyl halides is 3. The van der Waals surface area contributed by atoms with Crippen molar-refractivity contribution in [2.24, 2.45) is 0 Å². The van der Waals surface area contributed by atoms with Crippen LogP contribution >= 0.6 is 11.6 Å². The molecule has 0 atom stereocenters. The van der Waals surface area contributed by atoms with Crippen LogP contribution in [-0.4, -0.2) is 87.7 Å². The fourth-order valence-corrected chi connectivity index (χ4v) is 7.36. The zero-order valence-corrected chi connectivity index (χ0v) is 34.7. The van der Waals surface area contributed by atoms with Crippen LogP contribution in [0.3, 0.4) is 0 Å². The van der Waals surface area contributed by atoms with Crippen molar-refractivity contribution in [1.29, 1.82) is 0 Å². The minimum Gasteiger partial charge on any atom is -0.554 e. The van der Waals surface area contributed by atoms with E-state index in [1.54, 1.807) is 18.2 Å². The van der Waals surface area contributed by atoms with Gasteiger partial charge in [-0.25, -0.2) is 9.97 Å². The molecule has 3 aromatic heterocycles. The van der Waals surface area contributed by atoms with Gasteiger partial charge in [0.15, 0.2) is 23.7 Å². The summed E-state index contributed by atoms with van der Waals surface area (Å²) in [6, 6.07) is 32.8. The van der Waals surface area contributed by atoms with Gasteiger partial charge in [0, 0.05) is 43.8 Å². The number of halogens is 4. The number of likely N-dealkylation sites (N-methyl/N-ethyl adjacent to an activating group) is 1. The van der Waals surface area contributed by atoms with Crippen molar-refractivity contribution in [3.8, 4) is 11.3 Å². The van der Waals surface area contributed by atoms with Gasteiger partial charge < -0.3 is 30.3 Å². The fourth-order valence-electron chi connectivity index (χ4n) is 7.10. The number of aromatic nitrogens is 5. The summed E-state index contributed by atoms with van der Waals surface area (Å²) in [7, 11) is 5.78. The highest BCUT2D eigenvalue weighted by molar-refractivity contribution is 6.34. The second-order valence-electron chi connectivity index (χ2n) is 15.1. The van der Waals surface area contributed by atoms with Crippen molar-refractivity contribution >= 4 is 47.0 Å². The van der Waals surface area contributed by atoms with Crippen LogP contribution in [-0.2, 0) is 21.3 Å². The SMILES string of the molecule is C[N+](C)(C)CC(=O)NCCCNC(=O)c1ccc(Nc2nccn3c(-c4cn(C(c5ccccc5)(c5ccccc5)c5ccccc5)nc4C(F)(F)F)cnc23)cc1Cl.O=C[O-]. The number of carbonyl (C=O) groups excluding carboxylic acids is 3. The maximum absolute atomic E-state index is 15.1. The Labute approximate surface area is 360 Å². The molecule has 0 aliphatic rings. The number of carboxylic acid groups (broad SMARTS) is 1. The first-order chi connectivity index (χ1) is 29.7. The number of imidazole rings is 1. The summed E-state index contributed by atoms with van der Waals surface area (Å²) in [6.07, 6.45) is 1.49. The number of amides is 2. The third-order valence-electron chi connectivity index (χ3n) is 9.66. The van der Waals surface area contributed by atoms with E-state index in [0.29, 0.717) is 52.9 Å². The minimum absolute atomic E-state index is 0.0681. The summed E-state index contributed by atoms with van der Waals surface area (Å²) in [4.78, 5) is 42.2. The maximum atomic E-state index is 15.1. The number of hydrogen-bond acceptors (Lipinski definition) is 8. The molecule has 3 N–H and O–H groups in total. The van der Waals surface area contributed by atoms with Gasteiger partial charge >= 0.3 is 6.18 Å². The Morgan fingerprint density at radius 3 is 1.94 bits per heavy atom. The van der Waals surface area contributed by atoms with Gasteiger partial charge in [0.1, 0.15) is 5.54 Å². The van der Waals surface area contributed by atoms with Crippen molar-refractivity contribution in [3.05, 3.63) is 167 Å². The molecule has 0 bridgehead atoms. The van der Waals surface area contributed by atoms with Crippen molar-refractivity contribution in [2.45, 2.75) is 18.1 Å². The molecule has 0 saturated heterocycles. The van der Waals surface area contributed by atoms with E-state index >= 15 is 13.2 Å². The monoisotopic (exact) mass is 865 g/mol. The van der Waals surface area contributed by atoms with E-state index in [9.17, 15) is 9.59 Å². The number of anilines is 2. The molecule has 0 radical (unpaired) electrons. The van der Waals surface area contributed by atoms with Gasteiger partial charge in [-0.15, -0.1) is 0 Å². The second-order valence-corrected chi connectivity index (χ2v) is 15.5. The fraction of sp³-hybridized carbons (Fsp3) is 0.200. The summed E-state index contributed by atoms with van der Waals surface area (Å²) < 4.78 is 48.8. The molecule has 62 heavy (non-hydrogen) atoms. The Kier molecular flexibility index (Phi) is 13.7. The molecule has 3 heterocycles. The summed E-state index contributed by atoms with van der Waals surface area (Å²) in [6.45, 7) is 0.590. The molecular weight excluding hydrogens is 823 g/mol. The molecule has 7 aromatic rings. The summed E-state index contributed by atoms with van der Waals surface area (Å²) in [5.74, 6) is -0.205. The summed E-state index contributed by atoms with van der Waals surface area (Å²) in [5, 5.41) is 21.6. The van der Waals surface area contributed by atoms with Gasteiger partial charge in [-0.2, -0.15) is 18.3 Å². The first-order valence-corrected chi connectivity index (χ1v) is 19.7. The molecule has 320 valence electrons. The summed E-state index contributed by atoms with van der Waals surface area (Å²) >= 11 is 6.55. The van der Waals surface area contributed by atoms with Crippen LogP contribution in [0.2, 0.25) is 5.02 Å². The number of nitrogens with one attached hydrogen (secondary N) is 3. The first-order valence-electron chi connectivity index (χ1n) is 19.3. The molecule has 0 spiro atoms. The van der Waals surface area contributed by atoms with Gasteiger partial charge in [-0.1, -0.05) is 103 Å². The lowest BCUT2D eigenvalue weighted by Gasteiger charge is -2.36. The molecule has 2 amide bonds. The lowest BCUT2D eigenvalue weighted by Crippen LogP contribution is -2.44. The average molecular weight is 866 g/mol. The molecule has 0 aliphatic carbocycles. The number of rotatable bonds is 14. The number of carbonyl (C=O) groups is 3. The Balaban J connectivity index is 0.00000208. The number of quaternary nitrogens is 1. The van der Waals surface area contributed by atoms with Crippen molar-refractivity contribution in [3.63, 3.8) is 0 Å². The molecule has 13 nitrogen and oxygen atoms in total. The number of benzene rings is 4. The van der Waals surface area contributed by atoms with Crippen LogP contribution in [0.15, 0.2) is 134 Å². The lowest BCUT2D eigenvalue weighted by atomic mass is 9.77. The van der Waals surface area contributed by atoms with Crippen molar-refractivity contribution in [1.82, 2.24) is 34.8 Å². The van der Waals surface area contributed by atoms with Crippen LogP contribution in [0.25, 0.3) is 16.9 Å². The van der Waals surface area contributed by atoms with Crippen LogP contribution in [0.5, 0.6) is 0 Å². The Morgan fingerprint density at radius 1 is 0.839 bits per heavy atom. The van der Waals surface area contributed by atoms with E-state index in [0.717, 1.165) is 0 Å². The highest BCUT2D eigenvalue weighted by Gasteiger charge is 2.44. The zero-order valence-electron chi connectivity index (χ0n) is 33.9. The van der Waals surface area contributed by atoms with E-state index in [2.05, 4.69) is 31.0 Å². The standard InChI is InChI=1S/C44H41ClF3N9O2.CH2O2/c1-57(2,3)29-38(58)49-22-13-23-51-42(59)34-21-20-33(26-36(34)45)53-40-41-52-27-37(55(41)25-24-50-40)35-28-56(54-39(35)44(46,47)48)43(30-14-7-4-8-15-30,31-16-9-5-10-17-31)32-18-11-6-12-19-32;2-1-3/h4-12,14-21,24-28H,13,22-23,29H2,1-3H3,(H2-,49,50,51,53,58,59);1H,(H,2,3). The van der Waals surface area contributed by atoms with Crippen LogP contribution in [0, 0.1) is 0 Å². The predicted octanol–water partition coefficient (Wildman–Crippen LogP) is 6.16. The maximum Gasteiger partial charge on any atom is 0.435 e. The van der Waals surface area contributed by atoms with Gasteiger partial charge in [-0.05, 0) is 41.3 Å².